The van der Waals surface area contributed by atoms with Gasteiger partial charge < -0.3 is 15.1 Å². The molecule has 0 saturated carbocycles. The van der Waals surface area contributed by atoms with Crippen molar-refractivity contribution >= 4 is 23.2 Å². The fraction of sp³-hybridized carbons (Fsp3) is 0.316. The monoisotopic (exact) mass is 391 g/mol. The summed E-state index contributed by atoms with van der Waals surface area (Å²) in [5.41, 5.74) is 0.488. The van der Waals surface area contributed by atoms with Crippen molar-refractivity contribution in [1.29, 1.82) is 0 Å². The first kappa shape index (κ1) is 19.7. The Morgan fingerprint density at radius 3 is 2.39 bits per heavy atom. The van der Waals surface area contributed by atoms with E-state index < -0.39 is 11.7 Å². The van der Waals surface area contributed by atoms with Gasteiger partial charge in [-0.05, 0) is 37.3 Å². The van der Waals surface area contributed by atoms with E-state index >= 15 is 0 Å². The van der Waals surface area contributed by atoms with E-state index in [0.29, 0.717) is 43.5 Å². The van der Waals surface area contributed by atoms with Gasteiger partial charge in [0.2, 0.25) is 5.91 Å². The van der Waals surface area contributed by atoms with Crippen molar-refractivity contribution in [2.75, 3.05) is 36.4 Å². The number of halogens is 3. The number of amides is 1. The Hall–Kier alpha value is -3.10. The highest BCUT2D eigenvalue weighted by molar-refractivity contribution is 5.87. The molecule has 0 unspecified atom stereocenters. The predicted octanol–water partition coefficient (Wildman–Crippen LogP) is 3.38. The zero-order valence-corrected chi connectivity index (χ0v) is 15.3. The van der Waals surface area contributed by atoms with Crippen LogP contribution in [0.2, 0.25) is 0 Å². The van der Waals surface area contributed by atoms with Crippen LogP contribution in [-0.2, 0) is 11.0 Å². The third-order valence-electron chi connectivity index (χ3n) is 4.42. The van der Waals surface area contributed by atoms with Crippen molar-refractivity contribution in [1.82, 2.24) is 14.9 Å². The van der Waals surface area contributed by atoms with Gasteiger partial charge in [-0.25, -0.2) is 9.97 Å². The summed E-state index contributed by atoms with van der Waals surface area (Å²) in [6, 6.07) is 4.75. The molecule has 1 aliphatic rings. The summed E-state index contributed by atoms with van der Waals surface area (Å²) in [7, 11) is 0. The number of nitrogens with one attached hydrogen (secondary N) is 1. The van der Waals surface area contributed by atoms with Crippen molar-refractivity contribution in [3.63, 3.8) is 0 Å². The number of anilines is 3. The zero-order valence-electron chi connectivity index (χ0n) is 15.3. The quantitative estimate of drug-likeness (QED) is 0.810. The van der Waals surface area contributed by atoms with E-state index in [1.807, 2.05) is 11.8 Å². The highest BCUT2D eigenvalue weighted by Crippen LogP contribution is 2.31. The number of hydrogen-bond donors (Lipinski definition) is 1. The molecule has 1 aliphatic heterocycles. The van der Waals surface area contributed by atoms with Gasteiger partial charge in [-0.3, -0.25) is 4.79 Å². The number of carbonyl (C=O) groups is 1. The van der Waals surface area contributed by atoms with Crippen molar-refractivity contribution < 1.29 is 18.0 Å². The van der Waals surface area contributed by atoms with E-state index in [1.54, 1.807) is 11.1 Å². The van der Waals surface area contributed by atoms with Gasteiger partial charge in [-0.1, -0.05) is 6.58 Å². The summed E-state index contributed by atoms with van der Waals surface area (Å²) in [5.74, 6) is 0.942. The lowest BCUT2D eigenvalue weighted by Gasteiger charge is -2.35. The minimum absolute atomic E-state index is 0.113. The Balaban J connectivity index is 1.78. The number of carbonyl (C=O) groups excluding carboxylic acids is 1. The maximum atomic E-state index is 12.7. The highest BCUT2D eigenvalue weighted by atomic mass is 19.4. The third-order valence-corrected chi connectivity index (χ3v) is 4.42. The standard InChI is InChI=1S/C19H20F3N5O/c1-3-16(28)26-8-10-27(11-9-26)18-17(23-12-13(2)24-18)25-15-6-4-14(5-7-15)19(20,21)22/h3-7,12H,1,8-11H2,2H3,(H,23,25). The second-order valence-corrected chi connectivity index (χ2v) is 6.40. The molecule has 6 nitrogen and oxygen atoms in total. The van der Waals surface area contributed by atoms with Gasteiger partial charge in [-0.2, -0.15) is 13.2 Å². The maximum absolute atomic E-state index is 12.7. The largest absolute Gasteiger partial charge is 0.416 e. The minimum atomic E-state index is -4.38. The summed E-state index contributed by atoms with van der Waals surface area (Å²) in [5, 5.41) is 3.04. The molecule has 1 N–H and O–H groups in total. The topological polar surface area (TPSA) is 61.4 Å². The van der Waals surface area contributed by atoms with E-state index in [0.717, 1.165) is 17.8 Å². The molecule has 0 atom stereocenters. The molecule has 9 heteroatoms. The summed E-state index contributed by atoms with van der Waals surface area (Å²) in [6.07, 6.45) is -1.50. The van der Waals surface area contributed by atoms with Crippen LogP contribution in [-0.4, -0.2) is 47.0 Å². The average Bonchev–Trinajstić information content (AvgIpc) is 2.68. The van der Waals surface area contributed by atoms with Gasteiger partial charge in [0, 0.05) is 31.9 Å². The SMILES string of the molecule is C=CC(=O)N1CCN(c2nc(C)cnc2Nc2ccc(C(F)(F)F)cc2)CC1. The van der Waals surface area contributed by atoms with Crippen molar-refractivity contribution in [2.45, 2.75) is 13.1 Å². The predicted molar refractivity (Wildman–Crippen MR) is 100 cm³/mol. The number of nitrogens with zero attached hydrogens (tertiary/aromatic N) is 4. The van der Waals surface area contributed by atoms with E-state index in [9.17, 15) is 18.0 Å². The highest BCUT2D eigenvalue weighted by Gasteiger charge is 2.30. The minimum Gasteiger partial charge on any atom is -0.350 e. The molecule has 1 aromatic carbocycles. The molecular formula is C19H20F3N5O. The Morgan fingerprint density at radius 1 is 1.18 bits per heavy atom. The molecule has 1 aromatic heterocycles. The molecule has 2 heterocycles. The van der Waals surface area contributed by atoms with Crippen LogP contribution in [0.25, 0.3) is 0 Å². The van der Waals surface area contributed by atoms with Crippen LogP contribution in [0, 0.1) is 6.92 Å². The van der Waals surface area contributed by atoms with E-state index in [1.165, 1.54) is 18.2 Å². The third kappa shape index (κ3) is 4.41. The first-order valence-electron chi connectivity index (χ1n) is 8.72. The lowest BCUT2D eigenvalue weighted by Crippen LogP contribution is -2.48. The molecule has 1 amide bonds. The molecule has 0 radical (unpaired) electrons. The molecule has 0 aliphatic carbocycles. The van der Waals surface area contributed by atoms with Crippen LogP contribution in [0.15, 0.2) is 43.1 Å². The van der Waals surface area contributed by atoms with Crippen LogP contribution in [0.3, 0.4) is 0 Å². The second-order valence-electron chi connectivity index (χ2n) is 6.40. The van der Waals surface area contributed by atoms with E-state index in [4.69, 9.17) is 0 Å². The van der Waals surface area contributed by atoms with Gasteiger partial charge in [0.15, 0.2) is 11.6 Å². The molecule has 28 heavy (non-hydrogen) atoms. The summed E-state index contributed by atoms with van der Waals surface area (Å²) in [6.45, 7) is 7.51. The van der Waals surface area contributed by atoms with Crippen LogP contribution >= 0.6 is 0 Å². The van der Waals surface area contributed by atoms with Crippen molar-refractivity contribution in [3.8, 4) is 0 Å². The first-order valence-corrected chi connectivity index (χ1v) is 8.72. The molecule has 2 aromatic rings. The van der Waals surface area contributed by atoms with E-state index in [2.05, 4.69) is 21.9 Å². The molecule has 0 bridgehead atoms. The number of rotatable bonds is 4. The van der Waals surface area contributed by atoms with Crippen molar-refractivity contribution in [3.05, 3.63) is 54.4 Å². The second kappa shape index (κ2) is 7.87. The number of alkyl halides is 3. The Morgan fingerprint density at radius 2 is 1.82 bits per heavy atom. The fourth-order valence-corrected chi connectivity index (χ4v) is 2.92. The smallest absolute Gasteiger partial charge is 0.350 e. The van der Waals surface area contributed by atoms with Gasteiger partial charge in [0.05, 0.1) is 17.5 Å². The number of aromatic nitrogens is 2. The molecule has 0 spiro atoms. The molecule has 3 rings (SSSR count). The Kier molecular flexibility index (Phi) is 5.53. The van der Waals surface area contributed by atoms with Crippen LogP contribution in [0.4, 0.5) is 30.5 Å². The molecule has 1 fully saturated rings. The number of aryl methyl sites for hydroxylation is 1. The van der Waals surface area contributed by atoms with E-state index in [-0.39, 0.29) is 5.91 Å². The normalized spacial score (nSPS) is 14.7. The van der Waals surface area contributed by atoms with Gasteiger partial charge >= 0.3 is 6.18 Å². The number of piperazine rings is 1. The summed E-state index contributed by atoms with van der Waals surface area (Å²) in [4.78, 5) is 24.3. The number of hydrogen-bond acceptors (Lipinski definition) is 5. The Bertz CT molecular complexity index is 859. The van der Waals surface area contributed by atoms with Crippen LogP contribution in [0.1, 0.15) is 11.3 Å². The van der Waals surface area contributed by atoms with Crippen molar-refractivity contribution in [2.24, 2.45) is 0 Å². The summed E-state index contributed by atoms with van der Waals surface area (Å²) >= 11 is 0. The van der Waals surface area contributed by atoms with Gasteiger partial charge in [0.1, 0.15) is 0 Å². The molecule has 1 saturated heterocycles. The summed E-state index contributed by atoms with van der Waals surface area (Å²) < 4.78 is 38.2. The molecule has 148 valence electrons. The average molecular weight is 391 g/mol. The maximum Gasteiger partial charge on any atom is 0.416 e. The Labute approximate surface area is 160 Å². The fourth-order valence-electron chi connectivity index (χ4n) is 2.92. The lowest BCUT2D eigenvalue weighted by molar-refractivity contribution is -0.137. The van der Waals surface area contributed by atoms with Crippen LogP contribution < -0.4 is 10.2 Å². The van der Waals surface area contributed by atoms with Gasteiger partial charge in [0.25, 0.3) is 0 Å². The molecular weight excluding hydrogens is 371 g/mol. The number of benzene rings is 1. The zero-order chi connectivity index (χ0) is 20.3. The van der Waals surface area contributed by atoms with Crippen LogP contribution in [0.5, 0.6) is 0 Å². The lowest BCUT2D eigenvalue weighted by atomic mass is 10.2. The van der Waals surface area contributed by atoms with Gasteiger partial charge in [-0.15, -0.1) is 0 Å². The first-order chi connectivity index (χ1) is 13.3.